The summed E-state index contributed by atoms with van der Waals surface area (Å²) in [5.74, 6) is 0.314. The molecule has 222 valence electrons. The maximum absolute atomic E-state index is 13.8. The molecule has 0 unspecified atom stereocenters. The zero-order valence-corrected chi connectivity index (χ0v) is 23.6. The van der Waals surface area contributed by atoms with Crippen LogP contribution in [-0.2, 0) is 6.18 Å². The number of amides is 2. The highest BCUT2D eigenvalue weighted by Gasteiger charge is 2.38. The van der Waals surface area contributed by atoms with Gasteiger partial charge < -0.3 is 30.2 Å². The molecule has 6 rings (SSSR count). The Hall–Kier alpha value is -3.28. The minimum Gasteiger partial charge on any atom is -0.369 e. The van der Waals surface area contributed by atoms with Gasteiger partial charge in [0.2, 0.25) is 5.95 Å². The molecule has 0 spiro atoms. The van der Waals surface area contributed by atoms with Crippen LogP contribution in [0.4, 0.5) is 41.1 Å². The highest BCUT2D eigenvalue weighted by Crippen LogP contribution is 2.45. The number of carbonyl (C=O) groups excluding carboxylic acids is 1. The van der Waals surface area contributed by atoms with Gasteiger partial charge in [-0.15, -0.1) is 0 Å². The predicted molar refractivity (Wildman–Crippen MR) is 153 cm³/mol. The lowest BCUT2D eigenvalue weighted by molar-refractivity contribution is -0.137. The van der Waals surface area contributed by atoms with Gasteiger partial charge in [0.05, 0.1) is 6.04 Å². The second-order valence-corrected chi connectivity index (χ2v) is 11.8. The van der Waals surface area contributed by atoms with Crippen LogP contribution >= 0.6 is 0 Å². The summed E-state index contributed by atoms with van der Waals surface area (Å²) in [6.45, 7) is 6.23. The Labute approximate surface area is 239 Å². The number of halogens is 3. The van der Waals surface area contributed by atoms with Crippen LogP contribution in [0, 0.1) is 0 Å². The number of alkyl halides is 3. The second kappa shape index (κ2) is 11.5. The van der Waals surface area contributed by atoms with Crippen LogP contribution in [-0.4, -0.2) is 96.1 Å². The Kier molecular flexibility index (Phi) is 7.84. The van der Waals surface area contributed by atoms with Gasteiger partial charge in [0.25, 0.3) is 0 Å². The number of hydrogen-bond donors (Lipinski definition) is 2. The number of likely N-dealkylation sites (N-methyl/N-ethyl adjacent to an activating group) is 1. The molecule has 4 fully saturated rings. The number of nitrogens with one attached hydrogen (secondary N) is 2. The molecule has 1 atom stereocenters. The minimum absolute atomic E-state index is 0.0457. The molecule has 1 aromatic carbocycles. The number of anilines is 4. The van der Waals surface area contributed by atoms with Gasteiger partial charge in [0.1, 0.15) is 11.4 Å². The number of urea groups is 1. The molecule has 2 aromatic rings. The summed E-state index contributed by atoms with van der Waals surface area (Å²) in [5, 5.41) is 6.08. The van der Waals surface area contributed by atoms with E-state index >= 15 is 0 Å². The van der Waals surface area contributed by atoms with Gasteiger partial charge in [0.15, 0.2) is 0 Å². The normalized spacial score (nSPS) is 21.8. The van der Waals surface area contributed by atoms with Crippen molar-refractivity contribution in [3.8, 4) is 0 Å². The molecular weight excluding hydrogens is 533 g/mol. The van der Waals surface area contributed by atoms with Gasteiger partial charge in [-0.3, -0.25) is 0 Å². The fourth-order valence-electron chi connectivity index (χ4n) is 6.18. The SMILES string of the molecule is CN1CCN(c2ccc(Nc3ncc(C(F)(F)F)c(NCCCN4C[C@H]5CCCCN5C4=O)n3)c(C3CC3)c2)CC1. The number of fused-ring (bicyclic) bond motifs is 1. The molecule has 1 aromatic heterocycles. The van der Waals surface area contributed by atoms with Crippen molar-refractivity contribution < 1.29 is 18.0 Å². The molecule has 0 radical (unpaired) electrons. The maximum Gasteiger partial charge on any atom is 0.421 e. The van der Waals surface area contributed by atoms with E-state index in [9.17, 15) is 18.0 Å². The Morgan fingerprint density at radius 1 is 1.05 bits per heavy atom. The lowest BCUT2D eigenvalue weighted by Crippen LogP contribution is -2.44. The molecule has 12 heteroatoms. The Morgan fingerprint density at radius 3 is 2.59 bits per heavy atom. The highest BCUT2D eigenvalue weighted by atomic mass is 19.4. The third-order valence-corrected chi connectivity index (χ3v) is 8.73. The number of carbonyl (C=O) groups is 1. The summed E-state index contributed by atoms with van der Waals surface area (Å²) in [5.41, 5.74) is 2.27. The van der Waals surface area contributed by atoms with Gasteiger partial charge in [-0.25, -0.2) is 9.78 Å². The summed E-state index contributed by atoms with van der Waals surface area (Å²) in [6.07, 6.45) is 2.16. The summed E-state index contributed by atoms with van der Waals surface area (Å²) in [7, 11) is 2.13. The van der Waals surface area contributed by atoms with Crippen molar-refractivity contribution in [2.24, 2.45) is 0 Å². The van der Waals surface area contributed by atoms with Gasteiger partial charge in [-0.2, -0.15) is 18.2 Å². The van der Waals surface area contributed by atoms with E-state index in [-0.39, 0.29) is 30.4 Å². The number of piperidine rings is 1. The lowest BCUT2D eigenvalue weighted by Gasteiger charge is -2.34. The minimum atomic E-state index is -4.59. The fraction of sp³-hybridized carbons (Fsp3) is 0.621. The molecule has 3 aliphatic heterocycles. The number of hydrogen-bond acceptors (Lipinski definition) is 7. The summed E-state index contributed by atoms with van der Waals surface area (Å²) in [6, 6.07) is 6.59. The van der Waals surface area contributed by atoms with Crippen LogP contribution in [0.15, 0.2) is 24.4 Å². The first-order chi connectivity index (χ1) is 19.8. The third kappa shape index (κ3) is 6.32. The topological polar surface area (TPSA) is 79.9 Å². The molecular formula is C29H39F3N8O. The van der Waals surface area contributed by atoms with E-state index in [0.717, 1.165) is 82.3 Å². The first-order valence-electron chi connectivity index (χ1n) is 14.8. The van der Waals surface area contributed by atoms with Crippen LogP contribution < -0.4 is 15.5 Å². The molecule has 2 N–H and O–H groups in total. The zero-order valence-electron chi connectivity index (χ0n) is 23.6. The molecule has 1 aliphatic carbocycles. The first-order valence-corrected chi connectivity index (χ1v) is 14.8. The average Bonchev–Trinajstić information content (AvgIpc) is 3.75. The summed E-state index contributed by atoms with van der Waals surface area (Å²) < 4.78 is 41.4. The second-order valence-electron chi connectivity index (χ2n) is 11.8. The number of nitrogens with zero attached hydrogens (tertiary/aromatic N) is 6. The van der Waals surface area contributed by atoms with Crippen LogP contribution in [0.25, 0.3) is 0 Å². The van der Waals surface area contributed by atoms with E-state index in [1.807, 2.05) is 15.9 Å². The molecule has 41 heavy (non-hydrogen) atoms. The molecule has 3 saturated heterocycles. The molecule has 0 bridgehead atoms. The predicted octanol–water partition coefficient (Wildman–Crippen LogP) is 4.96. The average molecular weight is 573 g/mol. The summed E-state index contributed by atoms with van der Waals surface area (Å²) in [4.78, 5) is 29.4. The smallest absolute Gasteiger partial charge is 0.369 e. The van der Waals surface area contributed by atoms with Crippen LogP contribution in [0.1, 0.15) is 55.6 Å². The standard InChI is InChI=1S/C29H39F3N8O/c1-37-13-15-38(16-14-37)21-8-9-25(23(17-21)20-6-7-20)35-27-34-18-24(29(30,31)32)26(36-27)33-10-4-11-39-19-22-5-2-3-12-40(22)28(39)41/h8-9,17-18,20,22H,2-7,10-16,19H2,1H3,(H2,33,34,35,36)/t22-/m1/s1. The zero-order chi connectivity index (χ0) is 28.6. The molecule has 2 amide bonds. The van der Waals surface area contributed by atoms with Crippen molar-refractivity contribution in [3.05, 3.63) is 35.5 Å². The van der Waals surface area contributed by atoms with E-state index in [2.05, 4.69) is 49.6 Å². The molecule has 4 aliphatic rings. The lowest BCUT2D eigenvalue weighted by atomic mass is 10.0. The van der Waals surface area contributed by atoms with Crippen molar-refractivity contribution >= 4 is 29.2 Å². The number of aromatic nitrogens is 2. The van der Waals surface area contributed by atoms with Gasteiger partial charge in [-0.1, -0.05) is 0 Å². The fourth-order valence-corrected chi connectivity index (χ4v) is 6.18. The third-order valence-electron chi connectivity index (χ3n) is 8.73. The van der Waals surface area contributed by atoms with Crippen molar-refractivity contribution in [2.45, 2.75) is 56.7 Å². The van der Waals surface area contributed by atoms with Crippen molar-refractivity contribution in [1.82, 2.24) is 24.7 Å². The van der Waals surface area contributed by atoms with E-state index in [1.54, 1.807) is 0 Å². The monoisotopic (exact) mass is 572 g/mol. The van der Waals surface area contributed by atoms with Crippen molar-refractivity contribution in [2.75, 3.05) is 74.9 Å². The number of piperazine rings is 1. The van der Waals surface area contributed by atoms with E-state index in [4.69, 9.17) is 0 Å². The Balaban J connectivity index is 1.13. The van der Waals surface area contributed by atoms with Gasteiger partial charge >= 0.3 is 12.2 Å². The first kappa shape index (κ1) is 27.9. The maximum atomic E-state index is 13.8. The molecule has 4 heterocycles. The Bertz CT molecular complexity index is 1250. The highest BCUT2D eigenvalue weighted by molar-refractivity contribution is 5.77. The van der Waals surface area contributed by atoms with Gasteiger partial charge in [0, 0.05) is 69.9 Å². The quantitative estimate of drug-likeness (QED) is 0.411. The largest absolute Gasteiger partial charge is 0.421 e. The van der Waals surface area contributed by atoms with E-state index in [1.165, 1.54) is 5.69 Å². The summed E-state index contributed by atoms with van der Waals surface area (Å²) >= 11 is 0. The number of rotatable bonds is 9. The van der Waals surface area contributed by atoms with Crippen LogP contribution in [0.2, 0.25) is 0 Å². The van der Waals surface area contributed by atoms with Crippen molar-refractivity contribution in [3.63, 3.8) is 0 Å². The van der Waals surface area contributed by atoms with E-state index in [0.29, 0.717) is 25.4 Å². The van der Waals surface area contributed by atoms with Gasteiger partial charge in [-0.05, 0) is 75.3 Å². The van der Waals surface area contributed by atoms with E-state index < -0.39 is 11.7 Å². The molecule has 1 saturated carbocycles. The number of benzene rings is 1. The molecule has 9 nitrogen and oxygen atoms in total. The van der Waals surface area contributed by atoms with Crippen LogP contribution in [0.5, 0.6) is 0 Å². The Morgan fingerprint density at radius 2 is 1.85 bits per heavy atom. The van der Waals surface area contributed by atoms with Crippen molar-refractivity contribution in [1.29, 1.82) is 0 Å². The van der Waals surface area contributed by atoms with Crippen LogP contribution in [0.3, 0.4) is 0 Å².